The minimum absolute atomic E-state index is 0.323. The van der Waals surface area contributed by atoms with E-state index in [9.17, 15) is 5.11 Å². The highest BCUT2D eigenvalue weighted by molar-refractivity contribution is 7.79. The van der Waals surface area contributed by atoms with Gasteiger partial charge in [-0.3, -0.25) is 9.11 Å². The quantitative estimate of drug-likeness (QED) is 0.424. The lowest BCUT2D eigenvalue weighted by atomic mass is 9.89. The van der Waals surface area contributed by atoms with Crippen molar-refractivity contribution in [3.05, 3.63) is 23.9 Å². The molecule has 17 heavy (non-hydrogen) atoms. The Balaban J connectivity index is 0.000000437. The fourth-order valence-corrected chi connectivity index (χ4v) is 1.24. The smallest absolute Gasteiger partial charge is 0.386 e. The first kappa shape index (κ1) is 16.1. The van der Waals surface area contributed by atoms with E-state index < -0.39 is 16.0 Å². The number of rotatable bonds is 2. The number of hydrogen-bond donors (Lipinski definition) is 5. The Bertz CT molecular complexity index is 392. The summed E-state index contributed by atoms with van der Waals surface area (Å²) < 4.78 is 31.6. The van der Waals surface area contributed by atoms with Gasteiger partial charge in [0.25, 0.3) is 0 Å². The summed E-state index contributed by atoms with van der Waals surface area (Å²) in [6.45, 7) is 4.50. The van der Waals surface area contributed by atoms with Crippen molar-refractivity contribution in [3.8, 4) is 0 Å². The van der Waals surface area contributed by atoms with E-state index in [0.29, 0.717) is 0 Å². The summed E-state index contributed by atoms with van der Waals surface area (Å²) in [5, 5.41) is 13.0. The summed E-state index contributed by atoms with van der Waals surface area (Å²) in [6, 6.07) is -0.323. The second-order valence-corrected chi connectivity index (χ2v) is 4.51. The van der Waals surface area contributed by atoms with Crippen molar-refractivity contribution in [1.82, 2.24) is 5.32 Å². The zero-order valence-electron chi connectivity index (χ0n) is 9.66. The molecule has 2 atom stereocenters. The van der Waals surface area contributed by atoms with E-state index in [2.05, 4.69) is 5.32 Å². The Morgan fingerprint density at radius 2 is 2.00 bits per heavy atom. The first-order valence-electron chi connectivity index (χ1n) is 4.89. The second-order valence-electron chi connectivity index (χ2n) is 3.62. The first-order valence-corrected chi connectivity index (χ1v) is 6.29. The van der Waals surface area contributed by atoms with Crippen LogP contribution in [0.25, 0.3) is 0 Å². The molecule has 100 valence electrons. The highest BCUT2D eigenvalue weighted by atomic mass is 32.3. The van der Waals surface area contributed by atoms with Crippen LogP contribution in [0.3, 0.4) is 0 Å². The fraction of sp³-hybridized carbons (Fsp3) is 0.556. The number of nitrogens with one attached hydrogen (secondary N) is 1. The zero-order chi connectivity index (χ0) is 13.7. The Kier molecular flexibility index (Phi) is 5.79. The molecule has 0 aromatic heterocycles. The minimum atomic E-state index is -4.67. The van der Waals surface area contributed by atoms with Gasteiger partial charge < -0.3 is 16.2 Å². The molecule has 6 N–H and O–H groups in total. The van der Waals surface area contributed by atoms with Gasteiger partial charge >= 0.3 is 10.4 Å². The fourth-order valence-electron chi connectivity index (χ4n) is 1.24. The van der Waals surface area contributed by atoms with E-state index in [1.807, 2.05) is 19.1 Å². The van der Waals surface area contributed by atoms with Crippen molar-refractivity contribution in [2.75, 3.05) is 6.54 Å². The van der Waals surface area contributed by atoms with E-state index in [-0.39, 0.29) is 6.04 Å². The van der Waals surface area contributed by atoms with Gasteiger partial charge in [0.05, 0.1) is 6.04 Å². The average molecular weight is 266 g/mol. The molecule has 1 aliphatic carbocycles. The topological polar surface area (TPSA) is 133 Å². The SMILES string of the molecule is CCNC1=CC=CC(N)C1(C)O.O=S(=O)(O)O. The van der Waals surface area contributed by atoms with Crippen LogP contribution in [0.5, 0.6) is 0 Å². The summed E-state index contributed by atoms with van der Waals surface area (Å²) in [5.41, 5.74) is 5.55. The molecular weight excluding hydrogens is 248 g/mol. The summed E-state index contributed by atoms with van der Waals surface area (Å²) in [6.07, 6.45) is 5.51. The first-order chi connectivity index (χ1) is 7.59. The highest BCUT2D eigenvalue weighted by Gasteiger charge is 2.32. The van der Waals surface area contributed by atoms with Crippen LogP contribution in [0.2, 0.25) is 0 Å². The molecule has 0 saturated carbocycles. The van der Waals surface area contributed by atoms with Gasteiger partial charge in [-0.1, -0.05) is 12.2 Å². The van der Waals surface area contributed by atoms with Crippen LogP contribution in [0.15, 0.2) is 23.9 Å². The van der Waals surface area contributed by atoms with Crippen molar-refractivity contribution in [2.45, 2.75) is 25.5 Å². The molecule has 0 aromatic carbocycles. The van der Waals surface area contributed by atoms with Gasteiger partial charge in [0, 0.05) is 12.2 Å². The lowest BCUT2D eigenvalue weighted by Crippen LogP contribution is -2.50. The maximum absolute atomic E-state index is 9.93. The summed E-state index contributed by atoms with van der Waals surface area (Å²) >= 11 is 0. The van der Waals surface area contributed by atoms with Crippen molar-refractivity contribution in [1.29, 1.82) is 0 Å². The molecule has 0 bridgehead atoms. The molecular formula is C9H18N2O5S. The third kappa shape index (κ3) is 6.39. The third-order valence-corrected chi connectivity index (χ3v) is 2.14. The molecule has 8 heteroatoms. The van der Waals surface area contributed by atoms with E-state index in [1.165, 1.54) is 0 Å². The highest BCUT2D eigenvalue weighted by Crippen LogP contribution is 2.21. The second kappa shape index (κ2) is 6.12. The van der Waals surface area contributed by atoms with Crippen molar-refractivity contribution in [2.24, 2.45) is 5.73 Å². The molecule has 0 fully saturated rings. The maximum atomic E-state index is 9.93. The minimum Gasteiger partial charge on any atom is -0.386 e. The van der Waals surface area contributed by atoms with E-state index in [0.717, 1.165) is 12.2 Å². The number of nitrogens with two attached hydrogens (primary N) is 1. The lowest BCUT2D eigenvalue weighted by Gasteiger charge is -2.33. The molecule has 0 radical (unpaired) electrons. The van der Waals surface area contributed by atoms with Crippen LogP contribution >= 0.6 is 0 Å². The monoisotopic (exact) mass is 266 g/mol. The predicted molar refractivity (Wildman–Crippen MR) is 63.7 cm³/mol. The van der Waals surface area contributed by atoms with Crippen molar-refractivity contribution >= 4 is 10.4 Å². The van der Waals surface area contributed by atoms with Gasteiger partial charge in [-0.25, -0.2) is 0 Å². The summed E-state index contributed by atoms with van der Waals surface area (Å²) in [7, 11) is -4.67. The summed E-state index contributed by atoms with van der Waals surface area (Å²) in [4.78, 5) is 0. The van der Waals surface area contributed by atoms with Crippen LogP contribution in [0.4, 0.5) is 0 Å². The van der Waals surface area contributed by atoms with Crippen LogP contribution in [0.1, 0.15) is 13.8 Å². The molecule has 0 aliphatic heterocycles. The van der Waals surface area contributed by atoms with Gasteiger partial charge in [0.1, 0.15) is 5.60 Å². The average Bonchev–Trinajstić information content (AvgIpc) is 2.11. The van der Waals surface area contributed by atoms with Gasteiger partial charge in [-0.05, 0) is 19.9 Å². The molecule has 1 rings (SSSR count). The van der Waals surface area contributed by atoms with Gasteiger partial charge in [-0.15, -0.1) is 0 Å². The van der Waals surface area contributed by atoms with E-state index in [1.54, 1.807) is 13.0 Å². The molecule has 1 aliphatic rings. The Hall–Kier alpha value is -0.930. The molecule has 0 spiro atoms. The number of likely N-dealkylation sites (N-methyl/N-ethyl adjacent to an activating group) is 1. The lowest BCUT2D eigenvalue weighted by molar-refractivity contribution is 0.0764. The molecule has 0 heterocycles. The van der Waals surface area contributed by atoms with Gasteiger partial charge in [0.15, 0.2) is 0 Å². The Labute approximate surface area is 101 Å². The largest absolute Gasteiger partial charge is 0.394 e. The number of hydrogen-bond acceptors (Lipinski definition) is 5. The van der Waals surface area contributed by atoms with Gasteiger partial charge in [0.2, 0.25) is 0 Å². The molecule has 2 unspecified atom stereocenters. The molecule has 0 amide bonds. The summed E-state index contributed by atoms with van der Waals surface area (Å²) in [5.74, 6) is 0. The van der Waals surface area contributed by atoms with Crippen LogP contribution in [0, 0.1) is 0 Å². The molecule has 7 nitrogen and oxygen atoms in total. The predicted octanol–water partition coefficient (Wildman–Crippen LogP) is -0.525. The number of allylic oxidation sites excluding steroid dienone is 2. The standard InChI is InChI=1S/C9H16N2O.H2O4S/c1-3-11-8-6-4-5-7(10)9(8,2)12;1-5(2,3)4/h4-7,11-12H,3,10H2,1-2H3;(H2,1,2,3,4). The van der Waals surface area contributed by atoms with Crippen LogP contribution in [-0.2, 0) is 10.4 Å². The van der Waals surface area contributed by atoms with E-state index in [4.69, 9.17) is 23.3 Å². The van der Waals surface area contributed by atoms with E-state index >= 15 is 0 Å². The van der Waals surface area contributed by atoms with Gasteiger partial charge in [-0.2, -0.15) is 8.42 Å². The Morgan fingerprint density at radius 1 is 1.53 bits per heavy atom. The number of aliphatic hydroxyl groups is 1. The maximum Gasteiger partial charge on any atom is 0.394 e. The molecule has 0 saturated heterocycles. The zero-order valence-corrected chi connectivity index (χ0v) is 10.5. The van der Waals surface area contributed by atoms with Crippen LogP contribution in [-0.4, -0.2) is 40.8 Å². The van der Waals surface area contributed by atoms with Crippen molar-refractivity contribution in [3.63, 3.8) is 0 Å². The third-order valence-electron chi connectivity index (χ3n) is 2.14. The Morgan fingerprint density at radius 3 is 2.41 bits per heavy atom. The van der Waals surface area contributed by atoms with Crippen molar-refractivity contribution < 1.29 is 22.6 Å². The normalized spacial score (nSPS) is 27.9. The molecule has 0 aromatic rings. The van der Waals surface area contributed by atoms with Crippen LogP contribution < -0.4 is 11.1 Å².